The fraction of sp³-hybridized carbons (Fsp3) is 1.00. The van der Waals surface area contributed by atoms with E-state index in [1.807, 2.05) is 0 Å². The first-order valence-electron chi connectivity index (χ1n) is 6.65. The maximum Gasteiger partial charge on any atom is 0.0471 e. The number of hydrogen-bond acceptors (Lipinski definition) is 3. The van der Waals surface area contributed by atoms with E-state index in [1.54, 1.807) is 7.11 Å². The van der Waals surface area contributed by atoms with Crippen molar-refractivity contribution in [2.75, 3.05) is 33.5 Å². The van der Waals surface area contributed by atoms with Gasteiger partial charge in [-0.15, -0.1) is 0 Å². The molecular weight excluding hydrogens is 202 g/mol. The van der Waals surface area contributed by atoms with Gasteiger partial charge in [0.2, 0.25) is 0 Å². The molecule has 1 saturated carbocycles. The van der Waals surface area contributed by atoms with Gasteiger partial charge in [0.05, 0.1) is 0 Å². The summed E-state index contributed by atoms with van der Waals surface area (Å²) in [6, 6.07) is 0.794. The van der Waals surface area contributed by atoms with Crippen molar-refractivity contribution in [3.63, 3.8) is 0 Å². The quantitative estimate of drug-likeness (QED) is 0.752. The van der Waals surface area contributed by atoms with Crippen LogP contribution in [0.1, 0.15) is 38.5 Å². The van der Waals surface area contributed by atoms with Crippen LogP contribution in [0.3, 0.4) is 0 Å². The van der Waals surface area contributed by atoms with Gasteiger partial charge in [-0.3, -0.25) is 0 Å². The van der Waals surface area contributed by atoms with Crippen LogP contribution in [0.4, 0.5) is 0 Å². The van der Waals surface area contributed by atoms with Gasteiger partial charge in [0, 0.05) is 39.5 Å². The molecule has 0 unspecified atom stereocenters. The lowest BCUT2D eigenvalue weighted by Gasteiger charge is -2.40. The molecule has 1 N–H and O–H groups in total. The van der Waals surface area contributed by atoms with Gasteiger partial charge in [0.15, 0.2) is 0 Å². The minimum absolute atomic E-state index is 0.434. The summed E-state index contributed by atoms with van der Waals surface area (Å²) in [5.74, 6) is 0. The molecule has 1 aliphatic carbocycles. The maximum atomic E-state index is 5.48. The SMILES string of the molecule is COCCC1(CNC2CCC2)CCOCC1. The molecule has 2 fully saturated rings. The largest absolute Gasteiger partial charge is 0.385 e. The highest BCUT2D eigenvalue weighted by atomic mass is 16.5. The topological polar surface area (TPSA) is 30.5 Å². The molecule has 2 aliphatic rings. The van der Waals surface area contributed by atoms with Gasteiger partial charge in [0.1, 0.15) is 0 Å². The molecule has 1 heterocycles. The van der Waals surface area contributed by atoms with Gasteiger partial charge >= 0.3 is 0 Å². The van der Waals surface area contributed by atoms with E-state index in [-0.39, 0.29) is 0 Å². The molecule has 1 aliphatic heterocycles. The Morgan fingerprint density at radius 2 is 2.06 bits per heavy atom. The molecule has 16 heavy (non-hydrogen) atoms. The number of nitrogens with one attached hydrogen (secondary N) is 1. The van der Waals surface area contributed by atoms with Crippen molar-refractivity contribution in [1.29, 1.82) is 0 Å². The van der Waals surface area contributed by atoms with Crippen LogP contribution in [0.25, 0.3) is 0 Å². The highest BCUT2D eigenvalue weighted by molar-refractivity contribution is 4.87. The smallest absolute Gasteiger partial charge is 0.0471 e. The van der Waals surface area contributed by atoms with Crippen molar-refractivity contribution in [3.8, 4) is 0 Å². The molecule has 0 amide bonds. The van der Waals surface area contributed by atoms with Crippen LogP contribution in [0.2, 0.25) is 0 Å². The van der Waals surface area contributed by atoms with Gasteiger partial charge in [-0.25, -0.2) is 0 Å². The van der Waals surface area contributed by atoms with Crippen LogP contribution >= 0.6 is 0 Å². The Morgan fingerprint density at radius 3 is 2.62 bits per heavy atom. The van der Waals surface area contributed by atoms with E-state index in [0.29, 0.717) is 5.41 Å². The number of hydrogen-bond donors (Lipinski definition) is 1. The summed E-state index contributed by atoms with van der Waals surface area (Å²) in [7, 11) is 1.80. The normalized spacial score (nSPS) is 25.3. The molecule has 0 atom stereocenters. The Balaban J connectivity index is 1.79. The standard InChI is InChI=1S/C13H25NO2/c1-15-8-5-13(6-9-16-10-7-13)11-14-12-3-2-4-12/h12,14H,2-11H2,1H3. The molecular formula is C13H25NO2. The van der Waals surface area contributed by atoms with E-state index < -0.39 is 0 Å². The van der Waals surface area contributed by atoms with E-state index in [9.17, 15) is 0 Å². The number of rotatable bonds is 6. The van der Waals surface area contributed by atoms with Gasteiger partial charge in [0.25, 0.3) is 0 Å². The number of ether oxygens (including phenoxy) is 2. The first kappa shape index (κ1) is 12.3. The summed E-state index contributed by atoms with van der Waals surface area (Å²) < 4.78 is 10.7. The average molecular weight is 227 g/mol. The van der Waals surface area contributed by atoms with Crippen molar-refractivity contribution < 1.29 is 9.47 Å². The zero-order chi connectivity index (χ0) is 11.3. The van der Waals surface area contributed by atoms with Crippen LogP contribution in [-0.4, -0.2) is 39.5 Å². The Morgan fingerprint density at radius 1 is 1.31 bits per heavy atom. The van der Waals surface area contributed by atoms with Crippen molar-refractivity contribution in [2.45, 2.75) is 44.6 Å². The van der Waals surface area contributed by atoms with Gasteiger partial charge in [-0.05, 0) is 37.5 Å². The number of methoxy groups -OCH3 is 1. The van der Waals surface area contributed by atoms with Crippen LogP contribution in [0.15, 0.2) is 0 Å². The minimum Gasteiger partial charge on any atom is -0.385 e. The highest BCUT2D eigenvalue weighted by Crippen LogP contribution is 2.34. The lowest BCUT2D eigenvalue weighted by molar-refractivity contribution is -0.00383. The molecule has 3 heteroatoms. The Kier molecular flexibility index (Phi) is 4.62. The second kappa shape index (κ2) is 5.99. The molecule has 94 valence electrons. The lowest BCUT2D eigenvalue weighted by Crippen LogP contribution is -2.45. The molecule has 0 bridgehead atoms. The van der Waals surface area contributed by atoms with E-state index in [1.165, 1.54) is 38.5 Å². The molecule has 2 rings (SSSR count). The molecule has 1 saturated heterocycles. The predicted molar refractivity (Wildman–Crippen MR) is 64.6 cm³/mol. The third-order valence-corrected chi connectivity index (χ3v) is 4.26. The zero-order valence-electron chi connectivity index (χ0n) is 10.5. The first-order chi connectivity index (χ1) is 7.85. The van der Waals surface area contributed by atoms with Crippen LogP contribution in [0.5, 0.6) is 0 Å². The van der Waals surface area contributed by atoms with Crippen LogP contribution in [-0.2, 0) is 9.47 Å². The first-order valence-corrected chi connectivity index (χ1v) is 6.65. The van der Waals surface area contributed by atoms with Gasteiger partial charge in [-0.1, -0.05) is 6.42 Å². The summed E-state index contributed by atoms with van der Waals surface area (Å²) in [4.78, 5) is 0. The second-order valence-electron chi connectivity index (χ2n) is 5.36. The second-order valence-corrected chi connectivity index (χ2v) is 5.36. The summed E-state index contributed by atoms with van der Waals surface area (Å²) in [6.45, 7) is 3.89. The van der Waals surface area contributed by atoms with Gasteiger partial charge in [-0.2, -0.15) is 0 Å². The zero-order valence-corrected chi connectivity index (χ0v) is 10.5. The molecule has 3 nitrogen and oxygen atoms in total. The Bertz CT molecular complexity index is 198. The van der Waals surface area contributed by atoms with Crippen molar-refractivity contribution in [2.24, 2.45) is 5.41 Å². The fourth-order valence-corrected chi connectivity index (χ4v) is 2.61. The maximum absolute atomic E-state index is 5.48. The average Bonchev–Trinajstić information content (AvgIpc) is 2.26. The lowest BCUT2D eigenvalue weighted by atomic mass is 9.76. The predicted octanol–water partition coefficient (Wildman–Crippen LogP) is 1.96. The Labute approximate surface area is 98.9 Å². The van der Waals surface area contributed by atoms with E-state index in [2.05, 4.69) is 5.32 Å². The molecule has 0 spiro atoms. The fourth-order valence-electron chi connectivity index (χ4n) is 2.61. The molecule has 0 aromatic carbocycles. The highest BCUT2D eigenvalue weighted by Gasteiger charge is 2.33. The molecule has 0 radical (unpaired) electrons. The summed E-state index contributed by atoms with van der Waals surface area (Å²) in [6.07, 6.45) is 7.71. The van der Waals surface area contributed by atoms with E-state index in [0.717, 1.165) is 32.4 Å². The third kappa shape index (κ3) is 3.19. The molecule has 0 aromatic heterocycles. The summed E-state index contributed by atoms with van der Waals surface area (Å²) in [5, 5.41) is 3.73. The van der Waals surface area contributed by atoms with E-state index in [4.69, 9.17) is 9.47 Å². The monoisotopic (exact) mass is 227 g/mol. The van der Waals surface area contributed by atoms with Crippen LogP contribution in [0, 0.1) is 5.41 Å². The summed E-state index contributed by atoms with van der Waals surface area (Å²) in [5.41, 5.74) is 0.434. The minimum atomic E-state index is 0.434. The van der Waals surface area contributed by atoms with Gasteiger partial charge < -0.3 is 14.8 Å². The van der Waals surface area contributed by atoms with Crippen molar-refractivity contribution in [3.05, 3.63) is 0 Å². The van der Waals surface area contributed by atoms with Crippen LogP contribution < -0.4 is 5.32 Å². The van der Waals surface area contributed by atoms with Crippen molar-refractivity contribution in [1.82, 2.24) is 5.32 Å². The van der Waals surface area contributed by atoms with E-state index >= 15 is 0 Å². The summed E-state index contributed by atoms with van der Waals surface area (Å²) >= 11 is 0. The Hall–Kier alpha value is -0.120. The third-order valence-electron chi connectivity index (χ3n) is 4.26. The molecule has 0 aromatic rings. The van der Waals surface area contributed by atoms with Crippen molar-refractivity contribution >= 4 is 0 Å².